The van der Waals surface area contributed by atoms with Crippen LogP contribution in [0, 0.1) is 5.92 Å². The van der Waals surface area contributed by atoms with Crippen molar-refractivity contribution in [2.24, 2.45) is 5.92 Å². The second-order valence-electron chi connectivity index (χ2n) is 7.44. The number of ether oxygens (including phenoxy) is 1. The Kier molecular flexibility index (Phi) is 5.74. The number of carbonyl (C=O) groups is 4. The predicted molar refractivity (Wildman–Crippen MR) is 102 cm³/mol. The normalized spacial score (nSPS) is 25.5. The number of urea groups is 1. The number of carbonyl (C=O) groups excluding carboxylic acids is 4. The van der Waals surface area contributed by atoms with Gasteiger partial charge in [0.25, 0.3) is 5.91 Å². The summed E-state index contributed by atoms with van der Waals surface area (Å²) in [6, 6.07) is 5.64. The standard InChI is InChI=1S/C20H23ClN2O5/c1-12-5-3-4-10-20(12)18(26)23(19(27)22-20)11-16(24)28-13(2)17(25)14-6-8-15(21)9-7-14/h6-9,12-13H,3-5,10-11H2,1-2H3,(H,22,27)/t12-,13-,20+/m0/s1. The summed E-state index contributed by atoms with van der Waals surface area (Å²) in [7, 11) is 0. The summed E-state index contributed by atoms with van der Waals surface area (Å²) in [6.45, 7) is 2.87. The first-order valence-corrected chi connectivity index (χ1v) is 9.76. The van der Waals surface area contributed by atoms with Gasteiger partial charge < -0.3 is 10.1 Å². The molecule has 2 aliphatic rings. The first-order valence-electron chi connectivity index (χ1n) is 9.38. The molecule has 0 bridgehead atoms. The Morgan fingerprint density at radius 2 is 1.96 bits per heavy atom. The number of benzene rings is 1. The highest BCUT2D eigenvalue weighted by molar-refractivity contribution is 6.30. The summed E-state index contributed by atoms with van der Waals surface area (Å²) < 4.78 is 5.16. The number of nitrogens with zero attached hydrogens (tertiary/aromatic N) is 1. The van der Waals surface area contributed by atoms with Crippen molar-refractivity contribution >= 4 is 35.3 Å². The van der Waals surface area contributed by atoms with Crippen LogP contribution >= 0.6 is 11.6 Å². The lowest BCUT2D eigenvalue weighted by molar-refractivity contribution is -0.150. The van der Waals surface area contributed by atoms with Gasteiger partial charge in [0.1, 0.15) is 12.1 Å². The monoisotopic (exact) mass is 406 g/mol. The van der Waals surface area contributed by atoms with Gasteiger partial charge in [-0.25, -0.2) is 4.79 Å². The molecule has 0 radical (unpaired) electrons. The number of Topliss-reactive ketones (excluding diaryl/α,β-unsaturated/α-hetero) is 1. The largest absolute Gasteiger partial charge is 0.453 e. The number of esters is 1. The number of rotatable bonds is 5. The van der Waals surface area contributed by atoms with E-state index in [2.05, 4.69) is 5.32 Å². The molecular weight excluding hydrogens is 384 g/mol. The summed E-state index contributed by atoms with van der Waals surface area (Å²) in [5.74, 6) is -1.58. The van der Waals surface area contributed by atoms with E-state index in [1.165, 1.54) is 6.92 Å². The minimum Gasteiger partial charge on any atom is -0.453 e. The fraction of sp³-hybridized carbons (Fsp3) is 0.500. The van der Waals surface area contributed by atoms with E-state index in [0.29, 0.717) is 17.0 Å². The molecule has 1 aliphatic heterocycles. The maximum atomic E-state index is 12.9. The molecule has 8 heteroatoms. The van der Waals surface area contributed by atoms with Crippen LogP contribution in [-0.2, 0) is 14.3 Å². The molecule has 1 spiro atoms. The molecule has 3 atom stereocenters. The van der Waals surface area contributed by atoms with Gasteiger partial charge in [-0.15, -0.1) is 0 Å². The molecule has 2 fully saturated rings. The molecule has 0 aromatic heterocycles. The molecule has 150 valence electrons. The van der Waals surface area contributed by atoms with Gasteiger partial charge in [-0.1, -0.05) is 31.4 Å². The third-order valence-corrected chi connectivity index (χ3v) is 5.85. The number of hydrogen-bond donors (Lipinski definition) is 1. The van der Waals surface area contributed by atoms with Gasteiger partial charge >= 0.3 is 12.0 Å². The van der Waals surface area contributed by atoms with E-state index in [9.17, 15) is 19.2 Å². The van der Waals surface area contributed by atoms with Gasteiger partial charge in [-0.05, 0) is 49.9 Å². The third kappa shape index (κ3) is 3.76. The second kappa shape index (κ2) is 7.91. The molecular formula is C20H23ClN2O5. The highest BCUT2D eigenvalue weighted by Crippen LogP contribution is 2.38. The third-order valence-electron chi connectivity index (χ3n) is 5.59. The van der Waals surface area contributed by atoms with Gasteiger partial charge in [0.05, 0.1) is 0 Å². The molecule has 7 nitrogen and oxygen atoms in total. The van der Waals surface area contributed by atoms with E-state index >= 15 is 0 Å². The van der Waals surface area contributed by atoms with Crippen molar-refractivity contribution in [3.63, 3.8) is 0 Å². The van der Waals surface area contributed by atoms with Gasteiger partial charge in [0.2, 0.25) is 5.78 Å². The Hall–Kier alpha value is -2.41. The smallest absolute Gasteiger partial charge is 0.326 e. The van der Waals surface area contributed by atoms with Crippen LogP contribution in [0.15, 0.2) is 24.3 Å². The fourth-order valence-electron chi connectivity index (χ4n) is 3.90. The molecule has 1 saturated heterocycles. The molecule has 1 aromatic carbocycles. The summed E-state index contributed by atoms with van der Waals surface area (Å²) in [5.41, 5.74) is -0.574. The van der Waals surface area contributed by atoms with Crippen molar-refractivity contribution < 1.29 is 23.9 Å². The predicted octanol–water partition coefficient (Wildman–Crippen LogP) is 2.96. The highest BCUT2D eigenvalue weighted by Gasteiger charge is 2.55. The fourth-order valence-corrected chi connectivity index (χ4v) is 4.03. The number of imide groups is 1. The average molecular weight is 407 g/mol. The average Bonchev–Trinajstić information content (AvgIpc) is 2.89. The number of ketones is 1. The van der Waals surface area contributed by atoms with Crippen LogP contribution in [0.3, 0.4) is 0 Å². The summed E-state index contributed by atoms with van der Waals surface area (Å²) in [4.78, 5) is 50.7. The van der Waals surface area contributed by atoms with Gasteiger partial charge in [0, 0.05) is 10.6 Å². The number of halogens is 1. The summed E-state index contributed by atoms with van der Waals surface area (Å²) in [6.07, 6.45) is 2.23. The minimum atomic E-state index is -1.04. The van der Waals surface area contributed by atoms with Crippen LogP contribution in [0.4, 0.5) is 4.79 Å². The molecule has 1 heterocycles. The molecule has 28 heavy (non-hydrogen) atoms. The lowest BCUT2D eigenvalue weighted by atomic mass is 9.73. The van der Waals surface area contributed by atoms with Crippen molar-refractivity contribution in [2.75, 3.05) is 6.54 Å². The van der Waals surface area contributed by atoms with Crippen molar-refractivity contribution in [2.45, 2.75) is 51.2 Å². The molecule has 3 rings (SSSR count). The lowest BCUT2D eigenvalue weighted by Crippen LogP contribution is -2.54. The lowest BCUT2D eigenvalue weighted by Gasteiger charge is -2.36. The van der Waals surface area contributed by atoms with E-state index in [4.69, 9.17) is 16.3 Å². The van der Waals surface area contributed by atoms with Crippen LogP contribution in [0.5, 0.6) is 0 Å². The Labute approximate surface area is 168 Å². The van der Waals surface area contributed by atoms with Crippen LogP contribution in [0.1, 0.15) is 49.9 Å². The van der Waals surface area contributed by atoms with Crippen molar-refractivity contribution in [1.82, 2.24) is 10.2 Å². The molecule has 1 N–H and O–H groups in total. The maximum absolute atomic E-state index is 12.9. The van der Waals surface area contributed by atoms with Gasteiger partial charge in [-0.3, -0.25) is 19.3 Å². The summed E-state index contributed by atoms with van der Waals surface area (Å²) in [5, 5.41) is 3.27. The van der Waals surface area contributed by atoms with E-state index in [-0.39, 0.29) is 11.7 Å². The zero-order valence-electron chi connectivity index (χ0n) is 15.9. The Morgan fingerprint density at radius 3 is 2.61 bits per heavy atom. The molecule has 3 amide bonds. The Bertz CT molecular complexity index is 809. The van der Waals surface area contributed by atoms with Crippen LogP contribution in [0.25, 0.3) is 0 Å². The zero-order chi connectivity index (χ0) is 20.5. The first-order chi connectivity index (χ1) is 13.2. The molecule has 1 saturated carbocycles. The van der Waals surface area contributed by atoms with E-state index in [0.717, 1.165) is 24.2 Å². The highest BCUT2D eigenvalue weighted by atomic mass is 35.5. The summed E-state index contributed by atoms with van der Waals surface area (Å²) >= 11 is 5.80. The van der Waals surface area contributed by atoms with Crippen LogP contribution < -0.4 is 5.32 Å². The molecule has 1 aliphatic carbocycles. The van der Waals surface area contributed by atoms with Crippen molar-refractivity contribution in [3.05, 3.63) is 34.9 Å². The van der Waals surface area contributed by atoms with E-state index in [1.54, 1.807) is 24.3 Å². The molecule has 0 unspecified atom stereocenters. The van der Waals surface area contributed by atoms with E-state index in [1.807, 2.05) is 6.92 Å². The van der Waals surface area contributed by atoms with Crippen LogP contribution in [0.2, 0.25) is 5.02 Å². The van der Waals surface area contributed by atoms with Crippen molar-refractivity contribution in [3.8, 4) is 0 Å². The maximum Gasteiger partial charge on any atom is 0.326 e. The minimum absolute atomic E-state index is 0.00382. The van der Waals surface area contributed by atoms with Crippen molar-refractivity contribution in [1.29, 1.82) is 0 Å². The van der Waals surface area contributed by atoms with Gasteiger partial charge in [0.15, 0.2) is 6.10 Å². The number of nitrogens with one attached hydrogen (secondary N) is 1. The molecule has 1 aromatic rings. The second-order valence-corrected chi connectivity index (χ2v) is 7.88. The number of hydrogen-bond acceptors (Lipinski definition) is 5. The Morgan fingerprint density at radius 1 is 1.29 bits per heavy atom. The van der Waals surface area contributed by atoms with Gasteiger partial charge in [-0.2, -0.15) is 0 Å². The quantitative estimate of drug-likeness (QED) is 0.461. The number of amides is 3. The Balaban J connectivity index is 1.62. The van der Waals surface area contributed by atoms with E-state index < -0.39 is 36.1 Å². The zero-order valence-corrected chi connectivity index (χ0v) is 16.6. The SMILES string of the molecule is C[C@H](OC(=O)CN1C(=O)N[C@@]2(CCCC[C@@H]2C)C1=O)C(=O)c1ccc(Cl)cc1. The topological polar surface area (TPSA) is 92.8 Å². The van der Waals surface area contributed by atoms with Crippen LogP contribution in [-0.4, -0.2) is 46.8 Å². The first kappa shape index (κ1) is 20.3.